The first kappa shape index (κ1) is 11.5. The van der Waals surface area contributed by atoms with Crippen molar-refractivity contribution in [3.05, 3.63) is 29.3 Å². The first-order chi connectivity index (χ1) is 8.19. The van der Waals surface area contributed by atoms with Crippen LogP contribution in [0.3, 0.4) is 0 Å². The molecule has 0 N–H and O–H groups in total. The van der Waals surface area contributed by atoms with Gasteiger partial charge in [0.25, 0.3) is 0 Å². The molecule has 0 saturated heterocycles. The molecule has 0 saturated carbocycles. The van der Waals surface area contributed by atoms with E-state index in [-0.39, 0.29) is 12.6 Å². The smallest absolute Gasteiger partial charge is 0.302 e. The van der Waals surface area contributed by atoms with E-state index in [4.69, 9.17) is 14.2 Å². The Kier molecular flexibility index (Phi) is 3.32. The largest absolute Gasteiger partial charge is 0.497 e. The van der Waals surface area contributed by atoms with E-state index in [1.807, 2.05) is 24.3 Å². The van der Waals surface area contributed by atoms with E-state index < -0.39 is 0 Å². The van der Waals surface area contributed by atoms with Crippen LogP contribution in [0.2, 0.25) is 0 Å². The number of hydrogen-bond acceptors (Lipinski definition) is 4. The molecule has 0 unspecified atom stereocenters. The highest BCUT2D eigenvalue weighted by Gasteiger charge is 2.13. The summed E-state index contributed by atoms with van der Waals surface area (Å²) in [7, 11) is 1.62. The maximum atomic E-state index is 10.7. The lowest BCUT2D eigenvalue weighted by molar-refractivity contribution is -0.140. The highest BCUT2D eigenvalue weighted by Crippen LogP contribution is 2.30. The van der Waals surface area contributed by atoms with E-state index >= 15 is 0 Å². The summed E-state index contributed by atoms with van der Waals surface area (Å²) >= 11 is 0. The van der Waals surface area contributed by atoms with Crippen molar-refractivity contribution < 1.29 is 19.0 Å². The average Bonchev–Trinajstić information content (AvgIpc) is 2.35. The second kappa shape index (κ2) is 4.91. The van der Waals surface area contributed by atoms with Crippen LogP contribution in [0.5, 0.6) is 11.5 Å². The molecule has 1 aliphatic rings. The molecule has 0 bridgehead atoms. The van der Waals surface area contributed by atoms with Gasteiger partial charge in [-0.1, -0.05) is 0 Å². The van der Waals surface area contributed by atoms with Crippen molar-refractivity contribution in [2.45, 2.75) is 6.92 Å². The molecule has 0 spiro atoms. The van der Waals surface area contributed by atoms with Crippen LogP contribution in [-0.2, 0) is 9.53 Å². The van der Waals surface area contributed by atoms with Crippen LogP contribution >= 0.6 is 0 Å². The zero-order valence-corrected chi connectivity index (χ0v) is 9.86. The molecule has 1 aliphatic heterocycles. The van der Waals surface area contributed by atoms with Gasteiger partial charge < -0.3 is 14.2 Å². The molecule has 17 heavy (non-hydrogen) atoms. The molecular formula is C13H14O4. The molecule has 1 aromatic carbocycles. The molecule has 0 aromatic heterocycles. The summed E-state index contributed by atoms with van der Waals surface area (Å²) in [5, 5.41) is 0. The number of ether oxygens (including phenoxy) is 3. The molecule has 0 amide bonds. The van der Waals surface area contributed by atoms with E-state index in [0.717, 1.165) is 22.6 Å². The maximum Gasteiger partial charge on any atom is 0.302 e. The predicted octanol–water partition coefficient (Wildman–Crippen LogP) is 2.03. The molecular weight excluding hydrogens is 220 g/mol. The summed E-state index contributed by atoms with van der Waals surface area (Å²) in [6.45, 7) is 2.11. The van der Waals surface area contributed by atoms with Crippen LogP contribution in [0, 0.1) is 0 Å². The minimum Gasteiger partial charge on any atom is -0.497 e. The van der Waals surface area contributed by atoms with Crippen LogP contribution < -0.4 is 9.47 Å². The molecule has 1 aromatic rings. The Hall–Kier alpha value is -1.97. The maximum absolute atomic E-state index is 10.7. The highest BCUT2D eigenvalue weighted by atomic mass is 16.5. The minimum atomic E-state index is -0.286. The Balaban J connectivity index is 2.14. The van der Waals surface area contributed by atoms with Gasteiger partial charge in [-0.15, -0.1) is 0 Å². The Bertz CT molecular complexity index is 462. The van der Waals surface area contributed by atoms with Crippen LogP contribution in [0.4, 0.5) is 0 Å². The van der Waals surface area contributed by atoms with Gasteiger partial charge in [0.2, 0.25) is 0 Å². The van der Waals surface area contributed by atoms with Gasteiger partial charge in [-0.2, -0.15) is 0 Å². The number of esters is 1. The second-order valence-electron chi connectivity index (χ2n) is 3.78. The fourth-order valence-electron chi connectivity index (χ4n) is 1.60. The Morgan fingerprint density at radius 3 is 3.00 bits per heavy atom. The van der Waals surface area contributed by atoms with Gasteiger partial charge in [0, 0.05) is 24.1 Å². The number of fused-ring (bicyclic) bond motifs is 1. The summed E-state index contributed by atoms with van der Waals surface area (Å²) in [5.74, 6) is 1.27. The minimum absolute atomic E-state index is 0.279. The van der Waals surface area contributed by atoms with E-state index in [9.17, 15) is 4.79 Å². The van der Waals surface area contributed by atoms with Gasteiger partial charge in [-0.05, 0) is 18.2 Å². The van der Waals surface area contributed by atoms with Crippen LogP contribution in [-0.4, -0.2) is 26.3 Å². The van der Waals surface area contributed by atoms with E-state index in [2.05, 4.69) is 0 Å². The molecule has 4 nitrogen and oxygen atoms in total. The van der Waals surface area contributed by atoms with Gasteiger partial charge in [0.1, 0.15) is 24.7 Å². The van der Waals surface area contributed by atoms with Gasteiger partial charge in [0.05, 0.1) is 7.11 Å². The normalized spacial score (nSPS) is 13.2. The summed E-state index contributed by atoms with van der Waals surface area (Å²) in [6, 6.07) is 5.63. The third-order valence-corrected chi connectivity index (χ3v) is 2.45. The van der Waals surface area contributed by atoms with Gasteiger partial charge >= 0.3 is 5.97 Å². The van der Waals surface area contributed by atoms with Crippen molar-refractivity contribution >= 4 is 12.0 Å². The van der Waals surface area contributed by atoms with Gasteiger partial charge in [-0.3, -0.25) is 4.79 Å². The number of methoxy groups -OCH3 is 1. The third kappa shape index (κ3) is 2.78. The van der Waals surface area contributed by atoms with Crippen molar-refractivity contribution in [3.63, 3.8) is 0 Å². The highest BCUT2D eigenvalue weighted by molar-refractivity contribution is 5.67. The second-order valence-corrected chi connectivity index (χ2v) is 3.78. The average molecular weight is 234 g/mol. The number of rotatable bonds is 3. The summed E-state index contributed by atoms with van der Waals surface area (Å²) in [5.41, 5.74) is 1.91. The number of hydrogen-bond donors (Lipinski definition) is 0. The zero-order chi connectivity index (χ0) is 12.3. The Morgan fingerprint density at radius 2 is 2.29 bits per heavy atom. The Labute approximate surface area is 99.8 Å². The van der Waals surface area contributed by atoms with Crippen LogP contribution in [0.15, 0.2) is 23.8 Å². The lowest BCUT2D eigenvalue weighted by Gasteiger charge is -2.18. The van der Waals surface area contributed by atoms with Crippen molar-refractivity contribution in [2.24, 2.45) is 0 Å². The lowest BCUT2D eigenvalue weighted by Crippen LogP contribution is -2.13. The van der Waals surface area contributed by atoms with Crippen LogP contribution in [0.25, 0.3) is 6.08 Å². The van der Waals surface area contributed by atoms with E-state index in [0.29, 0.717) is 6.61 Å². The molecule has 1 heterocycles. The fourth-order valence-corrected chi connectivity index (χ4v) is 1.60. The van der Waals surface area contributed by atoms with Crippen molar-refractivity contribution in [1.29, 1.82) is 0 Å². The fraction of sp³-hybridized carbons (Fsp3) is 0.308. The van der Waals surface area contributed by atoms with Crippen molar-refractivity contribution in [3.8, 4) is 11.5 Å². The van der Waals surface area contributed by atoms with Crippen molar-refractivity contribution in [2.75, 3.05) is 20.3 Å². The Morgan fingerprint density at radius 1 is 1.47 bits per heavy atom. The quantitative estimate of drug-likeness (QED) is 0.751. The van der Waals surface area contributed by atoms with Crippen LogP contribution in [0.1, 0.15) is 12.5 Å². The molecule has 4 heteroatoms. The molecule has 90 valence electrons. The summed E-state index contributed by atoms with van der Waals surface area (Å²) in [6.07, 6.45) is 1.97. The first-order valence-electron chi connectivity index (χ1n) is 5.32. The molecule has 0 atom stereocenters. The number of carbonyl (C=O) groups is 1. The molecule has 0 fully saturated rings. The summed E-state index contributed by atoms with van der Waals surface area (Å²) < 4.78 is 15.6. The number of carbonyl (C=O) groups excluding carboxylic acids is 1. The van der Waals surface area contributed by atoms with E-state index in [1.165, 1.54) is 6.92 Å². The SMILES string of the molecule is COc1ccc2c(c1)OCC(COC(C)=O)=C2. The van der Waals surface area contributed by atoms with Gasteiger partial charge in [0.15, 0.2) is 0 Å². The molecule has 0 radical (unpaired) electrons. The zero-order valence-electron chi connectivity index (χ0n) is 9.86. The third-order valence-electron chi connectivity index (χ3n) is 2.45. The van der Waals surface area contributed by atoms with Crippen molar-refractivity contribution in [1.82, 2.24) is 0 Å². The van der Waals surface area contributed by atoms with Gasteiger partial charge in [-0.25, -0.2) is 0 Å². The predicted molar refractivity (Wildman–Crippen MR) is 63.1 cm³/mol. The monoisotopic (exact) mass is 234 g/mol. The molecule has 2 rings (SSSR count). The number of benzene rings is 1. The standard InChI is InChI=1S/C13H14O4/c1-9(14)16-7-10-5-11-3-4-12(15-2)6-13(11)17-8-10/h3-6H,7-8H2,1-2H3. The van der Waals surface area contributed by atoms with E-state index in [1.54, 1.807) is 7.11 Å². The molecule has 0 aliphatic carbocycles. The summed E-state index contributed by atoms with van der Waals surface area (Å²) in [4.78, 5) is 10.7. The lowest BCUT2D eigenvalue weighted by atomic mass is 10.1. The topological polar surface area (TPSA) is 44.8 Å². The first-order valence-corrected chi connectivity index (χ1v) is 5.32.